The van der Waals surface area contributed by atoms with Gasteiger partial charge in [0, 0.05) is 29.2 Å². The van der Waals surface area contributed by atoms with E-state index in [0.717, 1.165) is 33.6 Å². The van der Waals surface area contributed by atoms with Crippen LogP contribution in [-0.4, -0.2) is 16.8 Å². The topological polar surface area (TPSA) is 29.9 Å². The predicted molar refractivity (Wildman–Crippen MR) is 91.9 cm³/mol. The molecule has 1 N–H and O–H groups in total. The second kappa shape index (κ2) is 7.43. The third-order valence-electron chi connectivity index (χ3n) is 3.82. The largest absolute Gasteiger partial charge is 0.313 e. The third-order valence-corrected chi connectivity index (χ3v) is 5.14. The molecule has 0 saturated carbocycles. The Bertz CT molecular complexity index is 597. The molecule has 114 valence electrons. The summed E-state index contributed by atoms with van der Waals surface area (Å²) in [6.07, 6.45) is 3.95. The smallest absolute Gasteiger partial charge is 0.0643 e. The molecule has 0 fully saturated rings. The minimum absolute atomic E-state index is 0.148. The lowest BCUT2D eigenvalue weighted by molar-refractivity contribution is 0.469. The lowest BCUT2D eigenvalue weighted by Gasteiger charge is -2.18. The molecule has 2 atom stereocenters. The first-order valence-corrected chi connectivity index (χ1v) is 8.39. The molecular formula is C16H21BrClN3. The molecule has 3 nitrogen and oxygen atoms in total. The second-order valence-electron chi connectivity index (χ2n) is 5.23. The highest BCUT2D eigenvalue weighted by Gasteiger charge is 2.16. The summed E-state index contributed by atoms with van der Waals surface area (Å²) in [5.41, 5.74) is 2.16. The van der Waals surface area contributed by atoms with Gasteiger partial charge in [-0.2, -0.15) is 5.10 Å². The number of likely N-dealkylation sites (N-methyl/N-ethyl adjacent to an activating group) is 1. The van der Waals surface area contributed by atoms with E-state index >= 15 is 0 Å². The molecule has 5 heteroatoms. The Morgan fingerprint density at radius 3 is 2.81 bits per heavy atom. The van der Waals surface area contributed by atoms with Gasteiger partial charge >= 0.3 is 0 Å². The number of nitrogens with one attached hydrogen (secondary N) is 1. The van der Waals surface area contributed by atoms with Gasteiger partial charge in [0.05, 0.1) is 10.7 Å². The minimum Gasteiger partial charge on any atom is -0.313 e. The highest BCUT2D eigenvalue weighted by molar-refractivity contribution is 9.10. The van der Waals surface area contributed by atoms with Gasteiger partial charge in [-0.3, -0.25) is 4.68 Å². The van der Waals surface area contributed by atoms with E-state index in [-0.39, 0.29) is 6.04 Å². The number of hydrogen-bond donors (Lipinski definition) is 1. The van der Waals surface area contributed by atoms with E-state index < -0.39 is 0 Å². The first-order chi connectivity index (χ1) is 10.1. The van der Waals surface area contributed by atoms with Crippen LogP contribution < -0.4 is 5.32 Å². The Labute approximate surface area is 139 Å². The molecule has 0 spiro atoms. The van der Waals surface area contributed by atoms with Crippen molar-refractivity contribution in [1.82, 2.24) is 15.1 Å². The maximum atomic E-state index is 6.40. The average molecular weight is 371 g/mol. The van der Waals surface area contributed by atoms with Crippen LogP contribution in [0.3, 0.4) is 0 Å². The molecule has 1 heterocycles. The van der Waals surface area contributed by atoms with E-state index in [1.165, 1.54) is 0 Å². The Balaban J connectivity index is 2.19. The van der Waals surface area contributed by atoms with Crippen LogP contribution in [0.4, 0.5) is 0 Å². The Morgan fingerprint density at radius 2 is 2.14 bits per heavy atom. The summed E-state index contributed by atoms with van der Waals surface area (Å²) in [5.74, 6) is 0. The van der Waals surface area contributed by atoms with E-state index in [2.05, 4.69) is 58.5 Å². The highest BCUT2D eigenvalue weighted by Crippen LogP contribution is 2.31. The van der Waals surface area contributed by atoms with Crippen LogP contribution >= 0.6 is 27.5 Å². The summed E-state index contributed by atoms with van der Waals surface area (Å²) >= 11 is 9.88. The highest BCUT2D eigenvalue weighted by atomic mass is 79.9. The SMILES string of the molecule is CCC(C)n1ccc(CC(NC)c2cccc(Br)c2Cl)n1. The van der Waals surface area contributed by atoms with Crippen molar-refractivity contribution in [2.24, 2.45) is 0 Å². The standard InChI is InChI=1S/C16H21BrClN3/c1-4-11(2)21-9-8-12(20-21)10-15(19-3)13-6-5-7-14(17)16(13)18/h5-9,11,15,19H,4,10H2,1-3H3. The number of hydrogen-bond acceptors (Lipinski definition) is 2. The monoisotopic (exact) mass is 369 g/mol. The molecule has 2 rings (SSSR count). The molecule has 2 aromatic rings. The predicted octanol–water partition coefficient (Wildman–Crippen LogP) is 4.77. The van der Waals surface area contributed by atoms with Crippen molar-refractivity contribution in [1.29, 1.82) is 0 Å². The van der Waals surface area contributed by atoms with Crippen molar-refractivity contribution in [3.63, 3.8) is 0 Å². The Hall–Kier alpha value is -0.840. The van der Waals surface area contributed by atoms with Gasteiger partial charge in [0.2, 0.25) is 0 Å². The van der Waals surface area contributed by atoms with E-state index in [9.17, 15) is 0 Å². The van der Waals surface area contributed by atoms with Crippen LogP contribution in [0.25, 0.3) is 0 Å². The normalized spacial score (nSPS) is 14.1. The van der Waals surface area contributed by atoms with Crippen molar-refractivity contribution in [2.75, 3.05) is 7.05 Å². The zero-order valence-electron chi connectivity index (χ0n) is 12.6. The summed E-state index contributed by atoms with van der Waals surface area (Å²) in [7, 11) is 1.95. The first-order valence-electron chi connectivity index (χ1n) is 7.22. The third kappa shape index (κ3) is 3.87. The van der Waals surface area contributed by atoms with Gasteiger partial charge in [0.1, 0.15) is 0 Å². The lowest BCUT2D eigenvalue weighted by Crippen LogP contribution is -2.19. The molecular weight excluding hydrogens is 350 g/mol. The van der Waals surface area contributed by atoms with Gasteiger partial charge in [0.15, 0.2) is 0 Å². The average Bonchev–Trinajstić information content (AvgIpc) is 2.95. The number of nitrogens with zero attached hydrogens (tertiary/aromatic N) is 2. The van der Waals surface area contributed by atoms with Gasteiger partial charge in [-0.25, -0.2) is 0 Å². The molecule has 1 aromatic heterocycles. The molecule has 21 heavy (non-hydrogen) atoms. The summed E-state index contributed by atoms with van der Waals surface area (Å²) in [5, 5.41) is 8.76. The fourth-order valence-corrected chi connectivity index (χ4v) is 2.92. The molecule has 0 bridgehead atoms. The van der Waals surface area contributed by atoms with E-state index in [1.54, 1.807) is 0 Å². The van der Waals surface area contributed by atoms with Crippen LogP contribution in [0.1, 0.15) is 43.6 Å². The van der Waals surface area contributed by atoms with Crippen molar-refractivity contribution in [2.45, 2.75) is 38.8 Å². The van der Waals surface area contributed by atoms with Crippen LogP contribution in [-0.2, 0) is 6.42 Å². The van der Waals surface area contributed by atoms with Crippen molar-refractivity contribution in [3.8, 4) is 0 Å². The fourth-order valence-electron chi connectivity index (χ4n) is 2.29. The summed E-state index contributed by atoms with van der Waals surface area (Å²) < 4.78 is 2.96. The lowest BCUT2D eigenvalue weighted by atomic mass is 10.0. The minimum atomic E-state index is 0.148. The van der Waals surface area contributed by atoms with Gasteiger partial charge in [-0.05, 0) is 54.0 Å². The van der Waals surface area contributed by atoms with E-state index in [4.69, 9.17) is 11.6 Å². The number of aromatic nitrogens is 2. The zero-order valence-corrected chi connectivity index (χ0v) is 14.9. The molecule has 0 saturated heterocycles. The molecule has 0 amide bonds. The van der Waals surface area contributed by atoms with E-state index in [1.807, 2.05) is 23.9 Å². The van der Waals surface area contributed by atoms with Crippen molar-refractivity contribution < 1.29 is 0 Å². The molecule has 0 radical (unpaired) electrons. The molecule has 2 unspecified atom stereocenters. The maximum absolute atomic E-state index is 6.40. The molecule has 0 aliphatic heterocycles. The molecule has 1 aromatic carbocycles. The summed E-state index contributed by atoms with van der Waals surface area (Å²) in [4.78, 5) is 0. The second-order valence-corrected chi connectivity index (χ2v) is 6.47. The van der Waals surface area contributed by atoms with Gasteiger partial charge in [0.25, 0.3) is 0 Å². The van der Waals surface area contributed by atoms with Crippen molar-refractivity contribution in [3.05, 3.63) is 51.2 Å². The van der Waals surface area contributed by atoms with Crippen LogP contribution in [0.2, 0.25) is 5.02 Å². The fraction of sp³-hybridized carbons (Fsp3) is 0.438. The number of rotatable bonds is 6. The molecule has 0 aliphatic carbocycles. The van der Waals surface area contributed by atoms with Crippen LogP contribution in [0.5, 0.6) is 0 Å². The van der Waals surface area contributed by atoms with Crippen LogP contribution in [0, 0.1) is 0 Å². The quantitative estimate of drug-likeness (QED) is 0.793. The van der Waals surface area contributed by atoms with Gasteiger partial charge in [-0.1, -0.05) is 30.7 Å². The first kappa shape index (κ1) is 16.5. The number of benzene rings is 1. The summed E-state index contributed by atoms with van der Waals surface area (Å²) in [6.45, 7) is 4.35. The maximum Gasteiger partial charge on any atom is 0.0643 e. The summed E-state index contributed by atoms with van der Waals surface area (Å²) in [6, 6.07) is 8.68. The van der Waals surface area contributed by atoms with Gasteiger partial charge in [-0.15, -0.1) is 0 Å². The Kier molecular flexibility index (Phi) is 5.85. The number of halogens is 2. The van der Waals surface area contributed by atoms with Crippen LogP contribution in [0.15, 0.2) is 34.9 Å². The van der Waals surface area contributed by atoms with Crippen molar-refractivity contribution >= 4 is 27.5 Å². The Morgan fingerprint density at radius 1 is 1.38 bits per heavy atom. The zero-order chi connectivity index (χ0) is 15.4. The van der Waals surface area contributed by atoms with E-state index in [0.29, 0.717) is 6.04 Å². The molecule has 0 aliphatic rings. The van der Waals surface area contributed by atoms with Gasteiger partial charge < -0.3 is 5.32 Å².